The number of imidazole rings is 1. The Balaban J connectivity index is 2.67. The Bertz CT molecular complexity index is 752. The van der Waals surface area contributed by atoms with Crippen LogP contribution in [-0.4, -0.2) is 17.4 Å². The predicted octanol–water partition coefficient (Wildman–Crippen LogP) is 3.86. The molecule has 0 atom stereocenters. The molecule has 1 aromatic heterocycles. The zero-order valence-corrected chi connectivity index (χ0v) is 13.6. The van der Waals surface area contributed by atoms with Gasteiger partial charge in [0, 0.05) is 18.3 Å². The monoisotopic (exact) mass is 332 g/mol. The lowest BCUT2D eigenvalue weighted by molar-refractivity contribution is 0.581. The SMILES string of the molecule is Cc1cc(Cl)c(Cl)cc1S(=O)(=O)n1ccnc1C(C)C. The second-order valence-corrected chi connectivity index (χ2v) is 7.37. The topological polar surface area (TPSA) is 52.0 Å². The number of rotatable bonds is 3. The highest BCUT2D eigenvalue weighted by Crippen LogP contribution is 2.30. The molecule has 0 unspecified atom stereocenters. The third-order valence-electron chi connectivity index (χ3n) is 2.91. The average molecular weight is 333 g/mol. The molecule has 20 heavy (non-hydrogen) atoms. The quantitative estimate of drug-likeness (QED) is 0.857. The van der Waals surface area contributed by atoms with E-state index in [0.717, 1.165) is 0 Å². The van der Waals surface area contributed by atoms with E-state index in [-0.39, 0.29) is 15.8 Å². The van der Waals surface area contributed by atoms with Crippen LogP contribution in [0.4, 0.5) is 0 Å². The van der Waals surface area contributed by atoms with Crippen LogP contribution in [0.25, 0.3) is 0 Å². The smallest absolute Gasteiger partial charge is 0.240 e. The second kappa shape index (κ2) is 5.39. The van der Waals surface area contributed by atoms with E-state index in [1.54, 1.807) is 13.0 Å². The van der Waals surface area contributed by atoms with Gasteiger partial charge in [0.25, 0.3) is 10.0 Å². The molecule has 2 aromatic rings. The number of benzene rings is 1. The molecule has 4 nitrogen and oxygen atoms in total. The number of nitrogens with zero attached hydrogens (tertiary/aromatic N) is 2. The first-order valence-corrected chi connectivity index (χ1v) is 8.19. The van der Waals surface area contributed by atoms with Crippen LogP contribution in [0.1, 0.15) is 31.2 Å². The molecule has 0 fully saturated rings. The van der Waals surface area contributed by atoms with E-state index in [0.29, 0.717) is 16.4 Å². The molecule has 0 spiro atoms. The summed E-state index contributed by atoms with van der Waals surface area (Å²) in [6, 6.07) is 2.92. The first-order chi connectivity index (χ1) is 9.25. The summed E-state index contributed by atoms with van der Waals surface area (Å²) in [5, 5.41) is 0.542. The number of aromatic nitrogens is 2. The van der Waals surface area contributed by atoms with Crippen molar-refractivity contribution in [3.63, 3.8) is 0 Å². The van der Waals surface area contributed by atoms with Gasteiger partial charge in [0.05, 0.1) is 14.9 Å². The van der Waals surface area contributed by atoms with Gasteiger partial charge in [-0.25, -0.2) is 17.4 Å². The molecule has 0 N–H and O–H groups in total. The van der Waals surface area contributed by atoms with Gasteiger partial charge in [-0.15, -0.1) is 0 Å². The molecule has 0 aliphatic heterocycles. The normalized spacial score (nSPS) is 12.1. The second-order valence-electron chi connectivity index (χ2n) is 4.77. The van der Waals surface area contributed by atoms with Crippen molar-refractivity contribution in [3.8, 4) is 0 Å². The Morgan fingerprint density at radius 3 is 2.40 bits per heavy atom. The number of aryl methyl sites for hydroxylation is 1. The van der Waals surface area contributed by atoms with Crippen molar-refractivity contribution in [1.29, 1.82) is 0 Å². The van der Waals surface area contributed by atoms with E-state index in [1.165, 1.54) is 22.4 Å². The minimum Gasteiger partial charge on any atom is -0.240 e. The molecule has 0 saturated heterocycles. The van der Waals surface area contributed by atoms with Gasteiger partial charge < -0.3 is 0 Å². The zero-order valence-electron chi connectivity index (χ0n) is 11.3. The Hall–Kier alpha value is -1.04. The Morgan fingerprint density at radius 1 is 1.20 bits per heavy atom. The zero-order chi connectivity index (χ0) is 15.1. The Morgan fingerprint density at radius 2 is 1.80 bits per heavy atom. The lowest BCUT2D eigenvalue weighted by Crippen LogP contribution is -2.17. The highest BCUT2D eigenvalue weighted by molar-refractivity contribution is 7.90. The van der Waals surface area contributed by atoms with E-state index < -0.39 is 10.0 Å². The fraction of sp³-hybridized carbons (Fsp3) is 0.308. The Kier molecular flexibility index (Phi) is 4.14. The fourth-order valence-electron chi connectivity index (χ4n) is 1.92. The lowest BCUT2D eigenvalue weighted by Gasteiger charge is -2.13. The molecule has 0 aliphatic rings. The van der Waals surface area contributed by atoms with Crippen molar-refractivity contribution >= 4 is 33.2 Å². The van der Waals surface area contributed by atoms with Crippen LogP contribution < -0.4 is 0 Å². The molecular weight excluding hydrogens is 319 g/mol. The van der Waals surface area contributed by atoms with Crippen molar-refractivity contribution in [2.45, 2.75) is 31.6 Å². The highest BCUT2D eigenvalue weighted by atomic mass is 35.5. The van der Waals surface area contributed by atoms with Crippen LogP contribution in [0.15, 0.2) is 29.4 Å². The van der Waals surface area contributed by atoms with Crippen molar-refractivity contribution < 1.29 is 8.42 Å². The first-order valence-electron chi connectivity index (χ1n) is 5.99. The maximum atomic E-state index is 12.7. The van der Waals surface area contributed by atoms with Gasteiger partial charge >= 0.3 is 0 Å². The van der Waals surface area contributed by atoms with Crippen molar-refractivity contribution in [2.24, 2.45) is 0 Å². The number of halogens is 2. The molecule has 0 amide bonds. The number of hydrogen-bond donors (Lipinski definition) is 0. The van der Waals surface area contributed by atoms with E-state index in [4.69, 9.17) is 23.2 Å². The van der Waals surface area contributed by atoms with E-state index >= 15 is 0 Å². The van der Waals surface area contributed by atoms with Gasteiger partial charge in [-0.1, -0.05) is 37.0 Å². The van der Waals surface area contributed by atoms with Gasteiger partial charge in [0.2, 0.25) is 0 Å². The van der Waals surface area contributed by atoms with Crippen LogP contribution >= 0.6 is 23.2 Å². The summed E-state index contributed by atoms with van der Waals surface area (Å²) >= 11 is 11.8. The summed E-state index contributed by atoms with van der Waals surface area (Å²) in [6.45, 7) is 5.45. The highest BCUT2D eigenvalue weighted by Gasteiger charge is 2.24. The van der Waals surface area contributed by atoms with E-state index in [9.17, 15) is 8.42 Å². The molecule has 2 rings (SSSR count). The first kappa shape index (κ1) is 15.4. The summed E-state index contributed by atoms with van der Waals surface area (Å²) in [6.07, 6.45) is 2.91. The van der Waals surface area contributed by atoms with Gasteiger partial charge in [-0.2, -0.15) is 0 Å². The molecule has 1 heterocycles. The molecule has 0 radical (unpaired) electrons. The van der Waals surface area contributed by atoms with Gasteiger partial charge in [0.15, 0.2) is 0 Å². The Labute approximate surface area is 128 Å². The van der Waals surface area contributed by atoms with Crippen LogP contribution in [0.2, 0.25) is 10.0 Å². The maximum absolute atomic E-state index is 12.7. The predicted molar refractivity (Wildman–Crippen MR) is 80.1 cm³/mol. The van der Waals surface area contributed by atoms with Gasteiger partial charge in [-0.05, 0) is 24.6 Å². The fourth-order valence-corrected chi connectivity index (χ4v) is 4.03. The summed E-state index contributed by atoms with van der Waals surface area (Å²) < 4.78 is 26.6. The standard InChI is InChI=1S/C13H14Cl2N2O2S/c1-8(2)13-16-4-5-17(13)20(18,19)12-7-11(15)10(14)6-9(12)3/h4-8H,1-3H3. The lowest BCUT2D eigenvalue weighted by atomic mass is 10.2. The number of hydrogen-bond acceptors (Lipinski definition) is 3. The molecule has 108 valence electrons. The van der Waals surface area contributed by atoms with Crippen molar-refractivity contribution in [3.05, 3.63) is 46.0 Å². The van der Waals surface area contributed by atoms with Gasteiger partial charge in [0.1, 0.15) is 5.82 Å². The minimum atomic E-state index is -3.73. The largest absolute Gasteiger partial charge is 0.269 e. The van der Waals surface area contributed by atoms with Crippen molar-refractivity contribution in [2.75, 3.05) is 0 Å². The maximum Gasteiger partial charge on any atom is 0.269 e. The molecule has 0 saturated carbocycles. The third kappa shape index (κ3) is 2.57. The molecule has 0 bridgehead atoms. The average Bonchev–Trinajstić information content (AvgIpc) is 2.83. The summed E-state index contributed by atoms with van der Waals surface area (Å²) in [7, 11) is -3.73. The summed E-state index contributed by atoms with van der Waals surface area (Å²) in [5.41, 5.74) is 0.544. The van der Waals surface area contributed by atoms with Crippen LogP contribution in [0.3, 0.4) is 0 Å². The molecule has 0 aliphatic carbocycles. The van der Waals surface area contributed by atoms with Crippen LogP contribution in [0, 0.1) is 6.92 Å². The molecule has 1 aromatic carbocycles. The molecular formula is C13H14Cl2N2O2S. The van der Waals surface area contributed by atoms with E-state index in [2.05, 4.69) is 4.98 Å². The summed E-state index contributed by atoms with van der Waals surface area (Å²) in [5.74, 6) is 0.471. The van der Waals surface area contributed by atoms with Crippen LogP contribution in [0.5, 0.6) is 0 Å². The van der Waals surface area contributed by atoms with Crippen LogP contribution in [-0.2, 0) is 10.0 Å². The van der Waals surface area contributed by atoms with Crippen molar-refractivity contribution in [1.82, 2.24) is 8.96 Å². The molecule has 7 heteroatoms. The summed E-state index contributed by atoms with van der Waals surface area (Å²) in [4.78, 5) is 4.23. The third-order valence-corrected chi connectivity index (χ3v) is 5.45. The van der Waals surface area contributed by atoms with Gasteiger partial charge in [-0.3, -0.25) is 0 Å². The minimum absolute atomic E-state index is 0.0112. The van der Waals surface area contributed by atoms with E-state index in [1.807, 2.05) is 13.8 Å².